The van der Waals surface area contributed by atoms with Crippen molar-refractivity contribution in [2.24, 2.45) is 4.99 Å². The van der Waals surface area contributed by atoms with Gasteiger partial charge in [-0.2, -0.15) is 0 Å². The number of aromatic amines is 1. The monoisotopic (exact) mass is 493 g/mol. The summed E-state index contributed by atoms with van der Waals surface area (Å²) in [7, 11) is 0. The molecular formula is C21H28IN5O. The van der Waals surface area contributed by atoms with Gasteiger partial charge in [0.15, 0.2) is 5.96 Å². The molecule has 1 aromatic carbocycles. The van der Waals surface area contributed by atoms with Crippen molar-refractivity contribution in [3.63, 3.8) is 0 Å². The number of aryl methyl sites for hydroxylation is 1. The minimum atomic E-state index is 0. The third kappa shape index (κ3) is 6.12. The fraction of sp³-hybridized carbons (Fsp3) is 0.333. The van der Waals surface area contributed by atoms with Crippen LogP contribution in [0, 0.1) is 6.92 Å². The van der Waals surface area contributed by atoms with Gasteiger partial charge in [0.1, 0.15) is 12.4 Å². The number of ether oxygens (including phenoxy) is 1. The molecule has 0 aliphatic heterocycles. The molecule has 0 unspecified atom stereocenters. The highest BCUT2D eigenvalue weighted by Gasteiger charge is 2.05. The molecule has 0 aliphatic rings. The third-order valence-electron chi connectivity index (χ3n) is 4.30. The largest absolute Gasteiger partial charge is 0.490 e. The predicted octanol–water partition coefficient (Wildman–Crippen LogP) is 3.67. The SMILES string of the molecule is CCNC(=NCCc1c[nH]c2c(C)cccc12)NCCOc1cccnc1.I. The van der Waals surface area contributed by atoms with Crippen LogP contribution in [0.1, 0.15) is 18.1 Å². The average molecular weight is 493 g/mol. The highest BCUT2D eigenvalue weighted by atomic mass is 127. The summed E-state index contributed by atoms with van der Waals surface area (Å²) in [6.07, 6.45) is 6.43. The van der Waals surface area contributed by atoms with Crippen molar-refractivity contribution in [2.45, 2.75) is 20.3 Å². The molecule has 2 aromatic heterocycles. The quantitative estimate of drug-likeness (QED) is 0.194. The Bertz CT molecular complexity index is 879. The topological polar surface area (TPSA) is 74.3 Å². The van der Waals surface area contributed by atoms with Crippen LogP contribution >= 0.6 is 24.0 Å². The van der Waals surface area contributed by atoms with Crippen LogP contribution in [-0.4, -0.2) is 42.2 Å². The van der Waals surface area contributed by atoms with E-state index in [1.807, 2.05) is 12.1 Å². The Balaban J connectivity index is 0.00000280. The van der Waals surface area contributed by atoms with Crippen LogP contribution in [0.5, 0.6) is 5.75 Å². The van der Waals surface area contributed by atoms with Gasteiger partial charge in [-0.1, -0.05) is 18.2 Å². The fourth-order valence-corrected chi connectivity index (χ4v) is 2.97. The average Bonchev–Trinajstić information content (AvgIpc) is 3.10. The van der Waals surface area contributed by atoms with E-state index < -0.39 is 0 Å². The van der Waals surface area contributed by atoms with Gasteiger partial charge in [-0.3, -0.25) is 9.98 Å². The molecule has 0 bridgehead atoms. The Hall–Kier alpha value is -2.29. The first-order valence-electron chi connectivity index (χ1n) is 9.38. The number of para-hydroxylation sites is 1. The number of rotatable bonds is 8. The summed E-state index contributed by atoms with van der Waals surface area (Å²) in [5.41, 5.74) is 3.79. The van der Waals surface area contributed by atoms with Gasteiger partial charge in [0.2, 0.25) is 0 Å². The van der Waals surface area contributed by atoms with Crippen molar-refractivity contribution in [3.8, 4) is 5.75 Å². The van der Waals surface area contributed by atoms with E-state index >= 15 is 0 Å². The fourth-order valence-electron chi connectivity index (χ4n) is 2.97. The maximum atomic E-state index is 5.65. The van der Waals surface area contributed by atoms with Gasteiger partial charge in [-0.05, 0) is 43.5 Å². The molecule has 0 saturated carbocycles. The summed E-state index contributed by atoms with van der Waals surface area (Å²) in [5.74, 6) is 1.58. The minimum Gasteiger partial charge on any atom is -0.490 e. The van der Waals surface area contributed by atoms with E-state index in [4.69, 9.17) is 4.74 Å². The summed E-state index contributed by atoms with van der Waals surface area (Å²) in [6.45, 7) is 6.96. The van der Waals surface area contributed by atoms with Crippen molar-refractivity contribution in [1.82, 2.24) is 20.6 Å². The first kappa shape index (κ1) is 22.0. The number of nitrogens with zero attached hydrogens (tertiary/aromatic N) is 2. The van der Waals surface area contributed by atoms with Gasteiger partial charge in [-0.15, -0.1) is 24.0 Å². The van der Waals surface area contributed by atoms with E-state index in [0.29, 0.717) is 13.2 Å². The molecule has 2 heterocycles. The number of guanidine groups is 1. The Morgan fingerprint density at radius 3 is 2.89 bits per heavy atom. The number of halogens is 1. The first-order chi connectivity index (χ1) is 13.3. The highest BCUT2D eigenvalue weighted by Crippen LogP contribution is 2.21. The Kier molecular flexibility index (Phi) is 9.06. The second-order valence-corrected chi connectivity index (χ2v) is 6.29. The van der Waals surface area contributed by atoms with Crippen molar-refractivity contribution >= 4 is 40.8 Å². The molecule has 0 spiro atoms. The zero-order valence-corrected chi connectivity index (χ0v) is 18.7. The lowest BCUT2D eigenvalue weighted by atomic mass is 10.1. The molecular weight excluding hydrogens is 465 g/mol. The van der Waals surface area contributed by atoms with E-state index in [1.54, 1.807) is 12.4 Å². The molecule has 3 aromatic rings. The zero-order valence-electron chi connectivity index (χ0n) is 16.4. The second-order valence-electron chi connectivity index (χ2n) is 6.29. The van der Waals surface area contributed by atoms with Crippen molar-refractivity contribution in [2.75, 3.05) is 26.2 Å². The van der Waals surface area contributed by atoms with Crippen molar-refractivity contribution < 1.29 is 4.74 Å². The van der Waals surface area contributed by atoms with E-state index in [1.165, 1.54) is 22.0 Å². The first-order valence-corrected chi connectivity index (χ1v) is 9.38. The van der Waals surface area contributed by atoms with Crippen LogP contribution in [0.25, 0.3) is 10.9 Å². The van der Waals surface area contributed by atoms with Gasteiger partial charge < -0.3 is 20.4 Å². The summed E-state index contributed by atoms with van der Waals surface area (Å²) in [6, 6.07) is 10.2. The van der Waals surface area contributed by atoms with Gasteiger partial charge >= 0.3 is 0 Å². The normalized spacial score (nSPS) is 11.1. The Morgan fingerprint density at radius 1 is 1.21 bits per heavy atom. The van der Waals surface area contributed by atoms with E-state index in [9.17, 15) is 0 Å². The van der Waals surface area contributed by atoms with E-state index in [-0.39, 0.29) is 24.0 Å². The molecule has 0 aliphatic carbocycles. The summed E-state index contributed by atoms with van der Waals surface area (Å²) in [4.78, 5) is 12.1. The number of aromatic nitrogens is 2. The smallest absolute Gasteiger partial charge is 0.191 e. The molecule has 150 valence electrons. The summed E-state index contributed by atoms with van der Waals surface area (Å²) >= 11 is 0. The molecule has 0 fully saturated rings. The number of nitrogens with one attached hydrogen (secondary N) is 3. The van der Waals surface area contributed by atoms with Crippen LogP contribution in [0.3, 0.4) is 0 Å². The number of fused-ring (bicyclic) bond motifs is 1. The van der Waals surface area contributed by atoms with E-state index in [2.05, 4.69) is 63.8 Å². The van der Waals surface area contributed by atoms with Crippen LogP contribution in [0.4, 0.5) is 0 Å². The molecule has 3 N–H and O–H groups in total. The van der Waals surface area contributed by atoms with Gasteiger partial charge in [0, 0.05) is 36.4 Å². The van der Waals surface area contributed by atoms with Crippen LogP contribution in [0.15, 0.2) is 53.9 Å². The predicted molar refractivity (Wildman–Crippen MR) is 126 cm³/mol. The molecule has 6 nitrogen and oxygen atoms in total. The molecule has 0 atom stereocenters. The molecule has 7 heteroatoms. The number of hydrogen-bond acceptors (Lipinski definition) is 3. The lowest BCUT2D eigenvalue weighted by Gasteiger charge is -2.12. The molecule has 0 amide bonds. The summed E-state index contributed by atoms with van der Waals surface area (Å²) in [5, 5.41) is 7.86. The minimum absolute atomic E-state index is 0. The van der Waals surface area contributed by atoms with Crippen molar-refractivity contribution in [3.05, 3.63) is 60.0 Å². The Morgan fingerprint density at radius 2 is 2.11 bits per heavy atom. The maximum absolute atomic E-state index is 5.65. The highest BCUT2D eigenvalue weighted by molar-refractivity contribution is 14.0. The lowest BCUT2D eigenvalue weighted by Crippen LogP contribution is -2.39. The molecule has 3 rings (SSSR count). The number of H-pyrrole nitrogens is 1. The lowest BCUT2D eigenvalue weighted by molar-refractivity contribution is 0.320. The van der Waals surface area contributed by atoms with Crippen LogP contribution in [0.2, 0.25) is 0 Å². The maximum Gasteiger partial charge on any atom is 0.191 e. The van der Waals surface area contributed by atoms with Gasteiger partial charge in [0.25, 0.3) is 0 Å². The van der Waals surface area contributed by atoms with Crippen molar-refractivity contribution in [1.29, 1.82) is 0 Å². The number of hydrogen-bond donors (Lipinski definition) is 3. The number of benzene rings is 1. The van der Waals surface area contributed by atoms with Gasteiger partial charge in [-0.25, -0.2) is 0 Å². The second kappa shape index (κ2) is 11.5. The van der Waals surface area contributed by atoms with Gasteiger partial charge in [0.05, 0.1) is 12.7 Å². The molecule has 0 radical (unpaired) electrons. The number of pyridine rings is 1. The number of aliphatic imine (C=N–C) groups is 1. The molecule has 0 saturated heterocycles. The Labute approximate surface area is 183 Å². The zero-order chi connectivity index (χ0) is 18.9. The van der Waals surface area contributed by atoms with E-state index in [0.717, 1.165) is 31.2 Å². The summed E-state index contributed by atoms with van der Waals surface area (Å²) < 4.78 is 5.65. The standard InChI is InChI=1S/C21H27N5O.HI/c1-3-23-21(25-12-13-27-18-7-5-10-22-15-18)24-11-9-17-14-26-20-16(2)6-4-8-19(17)20;/h4-8,10,14-15,26H,3,9,11-13H2,1-2H3,(H2,23,24,25);1H. The van der Waals surface area contributed by atoms with Crippen LogP contribution < -0.4 is 15.4 Å². The third-order valence-corrected chi connectivity index (χ3v) is 4.30. The van der Waals surface area contributed by atoms with Crippen LogP contribution in [-0.2, 0) is 6.42 Å². The molecule has 28 heavy (non-hydrogen) atoms.